The number of benzene rings is 1. The summed E-state index contributed by atoms with van der Waals surface area (Å²) in [5.74, 6) is 0.583. The largest absolute Gasteiger partial charge is 0.497 e. The SMILES string of the molecule is COCCn1c(=NC(=O)c2ccco2)sc2cc(OC)ccc21. The number of hydrogen-bond acceptors (Lipinski definition) is 5. The molecule has 0 radical (unpaired) electrons. The third kappa shape index (κ3) is 3.20. The van der Waals surface area contributed by atoms with Gasteiger partial charge in [0.2, 0.25) is 0 Å². The van der Waals surface area contributed by atoms with Crippen molar-refractivity contribution in [3.63, 3.8) is 0 Å². The quantitative estimate of drug-likeness (QED) is 0.720. The number of hydrogen-bond donors (Lipinski definition) is 0. The van der Waals surface area contributed by atoms with Crippen molar-refractivity contribution < 1.29 is 18.7 Å². The van der Waals surface area contributed by atoms with E-state index in [0.717, 1.165) is 16.0 Å². The van der Waals surface area contributed by atoms with Gasteiger partial charge in [-0.25, -0.2) is 0 Å². The zero-order chi connectivity index (χ0) is 16.2. The summed E-state index contributed by atoms with van der Waals surface area (Å²) in [6.45, 7) is 1.13. The van der Waals surface area contributed by atoms with Crippen LogP contribution in [-0.4, -0.2) is 31.3 Å². The summed E-state index contributed by atoms with van der Waals surface area (Å²) in [4.78, 5) is 17.0. The van der Waals surface area contributed by atoms with E-state index < -0.39 is 5.91 Å². The van der Waals surface area contributed by atoms with E-state index in [-0.39, 0.29) is 5.76 Å². The first-order valence-electron chi connectivity index (χ1n) is 7.02. The number of carbonyl (C=O) groups is 1. The van der Waals surface area contributed by atoms with Gasteiger partial charge in [-0.05, 0) is 30.3 Å². The first-order chi connectivity index (χ1) is 11.2. The molecule has 120 valence electrons. The van der Waals surface area contributed by atoms with Crippen LogP contribution in [0, 0.1) is 0 Å². The van der Waals surface area contributed by atoms with Gasteiger partial charge < -0.3 is 18.5 Å². The van der Waals surface area contributed by atoms with Gasteiger partial charge in [-0.1, -0.05) is 11.3 Å². The molecular formula is C16H16N2O4S. The first kappa shape index (κ1) is 15.5. The van der Waals surface area contributed by atoms with Crippen LogP contribution in [0.2, 0.25) is 0 Å². The van der Waals surface area contributed by atoms with Crippen LogP contribution >= 0.6 is 11.3 Å². The molecule has 0 saturated heterocycles. The van der Waals surface area contributed by atoms with Crippen molar-refractivity contribution in [2.24, 2.45) is 4.99 Å². The molecule has 6 nitrogen and oxygen atoms in total. The number of furan rings is 1. The minimum atomic E-state index is -0.403. The lowest BCUT2D eigenvalue weighted by Gasteiger charge is -2.04. The molecule has 0 aliphatic carbocycles. The van der Waals surface area contributed by atoms with Crippen LogP contribution in [0.5, 0.6) is 5.75 Å². The minimum Gasteiger partial charge on any atom is -0.497 e. The zero-order valence-corrected chi connectivity index (χ0v) is 13.6. The van der Waals surface area contributed by atoms with E-state index in [2.05, 4.69) is 4.99 Å². The molecule has 0 fully saturated rings. The van der Waals surface area contributed by atoms with E-state index >= 15 is 0 Å². The highest BCUT2D eigenvalue weighted by molar-refractivity contribution is 7.16. The highest BCUT2D eigenvalue weighted by atomic mass is 32.1. The number of amides is 1. The van der Waals surface area contributed by atoms with E-state index in [1.54, 1.807) is 26.4 Å². The van der Waals surface area contributed by atoms with Crippen LogP contribution in [0.1, 0.15) is 10.6 Å². The fraction of sp³-hybridized carbons (Fsp3) is 0.250. The Kier molecular flexibility index (Phi) is 4.59. The lowest BCUT2D eigenvalue weighted by atomic mass is 10.3. The summed E-state index contributed by atoms with van der Waals surface area (Å²) in [6.07, 6.45) is 1.46. The maximum absolute atomic E-state index is 12.2. The molecular weight excluding hydrogens is 316 g/mol. The number of nitrogens with zero attached hydrogens (tertiary/aromatic N) is 2. The maximum atomic E-state index is 12.2. The van der Waals surface area contributed by atoms with Gasteiger partial charge in [0.15, 0.2) is 10.6 Å². The lowest BCUT2D eigenvalue weighted by molar-refractivity contribution is 0.0971. The predicted molar refractivity (Wildman–Crippen MR) is 86.8 cm³/mol. The van der Waals surface area contributed by atoms with Crippen molar-refractivity contribution in [3.05, 3.63) is 47.2 Å². The normalized spacial score (nSPS) is 12.0. The predicted octanol–water partition coefficient (Wildman–Crippen LogP) is 2.69. The topological polar surface area (TPSA) is 66.0 Å². The molecule has 2 aromatic heterocycles. The zero-order valence-electron chi connectivity index (χ0n) is 12.8. The Labute approximate surface area is 136 Å². The first-order valence-corrected chi connectivity index (χ1v) is 7.83. The second-order valence-electron chi connectivity index (χ2n) is 4.76. The smallest absolute Gasteiger partial charge is 0.315 e. The number of rotatable bonds is 5. The van der Waals surface area contributed by atoms with Crippen molar-refractivity contribution in [1.82, 2.24) is 4.57 Å². The van der Waals surface area contributed by atoms with Crippen LogP contribution in [0.4, 0.5) is 0 Å². The summed E-state index contributed by atoms with van der Waals surface area (Å²) >= 11 is 1.43. The third-order valence-electron chi connectivity index (χ3n) is 3.34. The Morgan fingerprint density at radius 1 is 1.35 bits per heavy atom. The molecule has 7 heteroatoms. The van der Waals surface area contributed by atoms with Crippen molar-refractivity contribution in [2.45, 2.75) is 6.54 Å². The van der Waals surface area contributed by atoms with Gasteiger partial charge in [-0.3, -0.25) is 4.79 Å². The van der Waals surface area contributed by atoms with E-state index in [1.165, 1.54) is 17.6 Å². The van der Waals surface area contributed by atoms with Gasteiger partial charge in [0.05, 0.1) is 30.2 Å². The van der Waals surface area contributed by atoms with Crippen molar-refractivity contribution >= 4 is 27.5 Å². The molecule has 3 rings (SSSR count). The van der Waals surface area contributed by atoms with Crippen LogP contribution in [-0.2, 0) is 11.3 Å². The molecule has 2 heterocycles. The van der Waals surface area contributed by atoms with Gasteiger partial charge in [0.25, 0.3) is 0 Å². The van der Waals surface area contributed by atoms with Gasteiger partial charge in [-0.15, -0.1) is 0 Å². The molecule has 0 aliphatic heterocycles. The number of carbonyl (C=O) groups excluding carboxylic acids is 1. The Morgan fingerprint density at radius 2 is 2.22 bits per heavy atom. The number of ether oxygens (including phenoxy) is 2. The molecule has 0 atom stereocenters. The highest BCUT2D eigenvalue weighted by Gasteiger charge is 2.11. The van der Waals surface area contributed by atoms with Crippen molar-refractivity contribution in [2.75, 3.05) is 20.8 Å². The summed E-state index contributed by atoms with van der Waals surface area (Å²) in [5, 5.41) is 0. The Balaban J connectivity index is 2.11. The monoisotopic (exact) mass is 332 g/mol. The molecule has 0 saturated carbocycles. The average molecular weight is 332 g/mol. The summed E-state index contributed by atoms with van der Waals surface area (Å²) < 4.78 is 18.5. The molecule has 0 bridgehead atoms. The van der Waals surface area contributed by atoms with Gasteiger partial charge >= 0.3 is 5.91 Å². The summed E-state index contributed by atoms with van der Waals surface area (Å²) in [5.41, 5.74) is 0.985. The summed E-state index contributed by atoms with van der Waals surface area (Å²) in [6, 6.07) is 9.03. The average Bonchev–Trinajstić information content (AvgIpc) is 3.20. The van der Waals surface area contributed by atoms with Gasteiger partial charge in [-0.2, -0.15) is 4.99 Å². The van der Waals surface area contributed by atoms with Crippen LogP contribution < -0.4 is 9.54 Å². The molecule has 23 heavy (non-hydrogen) atoms. The molecule has 3 aromatic rings. The third-order valence-corrected chi connectivity index (χ3v) is 4.38. The molecule has 0 unspecified atom stereocenters. The van der Waals surface area contributed by atoms with Gasteiger partial charge in [0.1, 0.15) is 5.75 Å². The number of aromatic nitrogens is 1. The highest BCUT2D eigenvalue weighted by Crippen LogP contribution is 2.23. The standard InChI is InChI=1S/C16H16N2O4S/c1-20-9-7-18-12-6-5-11(21-2)10-14(12)23-16(18)17-15(19)13-4-3-8-22-13/h3-6,8,10H,7,9H2,1-2H3. The Morgan fingerprint density at radius 3 is 2.91 bits per heavy atom. The number of thiazole rings is 1. The second-order valence-corrected chi connectivity index (χ2v) is 5.77. The molecule has 0 spiro atoms. The van der Waals surface area contributed by atoms with E-state index in [9.17, 15) is 4.79 Å². The number of fused-ring (bicyclic) bond motifs is 1. The van der Waals surface area contributed by atoms with Crippen LogP contribution in [0.15, 0.2) is 46.0 Å². The van der Waals surface area contributed by atoms with Crippen molar-refractivity contribution in [3.8, 4) is 5.75 Å². The fourth-order valence-corrected chi connectivity index (χ4v) is 3.29. The maximum Gasteiger partial charge on any atom is 0.315 e. The Hall–Kier alpha value is -2.38. The fourth-order valence-electron chi connectivity index (χ4n) is 2.21. The van der Waals surface area contributed by atoms with E-state index in [0.29, 0.717) is 18.0 Å². The Bertz CT molecular complexity index is 877. The lowest BCUT2D eigenvalue weighted by Crippen LogP contribution is -2.19. The van der Waals surface area contributed by atoms with Crippen LogP contribution in [0.3, 0.4) is 0 Å². The van der Waals surface area contributed by atoms with E-state index in [4.69, 9.17) is 13.9 Å². The minimum absolute atomic E-state index is 0.221. The van der Waals surface area contributed by atoms with Crippen LogP contribution in [0.25, 0.3) is 10.2 Å². The second kappa shape index (κ2) is 6.80. The molecule has 0 N–H and O–H groups in total. The van der Waals surface area contributed by atoms with Crippen molar-refractivity contribution in [1.29, 1.82) is 0 Å². The van der Waals surface area contributed by atoms with Gasteiger partial charge in [0, 0.05) is 13.7 Å². The molecule has 1 aromatic carbocycles. The number of methoxy groups -OCH3 is 2. The summed E-state index contributed by atoms with van der Waals surface area (Å²) in [7, 11) is 3.27. The molecule has 1 amide bonds. The molecule has 0 aliphatic rings. The van der Waals surface area contributed by atoms with E-state index in [1.807, 2.05) is 22.8 Å².